The van der Waals surface area contributed by atoms with E-state index in [1.165, 1.54) is 41.6 Å². The number of ketones is 1. The summed E-state index contributed by atoms with van der Waals surface area (Å²) >= 11 is 6.08. The van der Waals surface area contributed by atoms with Crippen molar-refractivity contribution in [2.75, 3.05) is 13.1 Å². The Morgan fingerprint density at radius 2 is 1.59 bits per heavy atom. The van der Waals surface area contributed by atoms with Crippen LogP contribution >= 0.6 is 11.6 Å². The zero-order chi connectivity index (χ0) is 19.6. The van der Waals surface area contributed by atoms with Crippen LogP contribution in [0.5, 0.6) is 5.75 Å². The molecule has 1 aliphatic heterocycles. The summed E-state index contributed by atoms with van der Waals surface area (Å²) < 4.78 is 32.1. The molecule has 6 nitrogen and oxygen atoms in total. The van der Waals surface area contributed by atoms with Gasteiger partial charge in [0.15, 0.2) is 5.78 Å². The van der Waals surface area contributed by atoms with Crippen molar-refractivity contribution in [2.24, 2.45) is 0 Å². The molecule has 0 radical (unpaired) electrons. The van der Waals surface area contributed by atoms with Gasteiger partial charge >= 0.3 is 5.97 Å². The third-order valence-electron chi connectivity index (χ3n) is 4.32. The quantitative estimate of drug-likeness (QED) is 0.430. The van der Waals surface area contributed by atoms with Crippen molar-refractivity contribution >= 4 is 33.4 Å². The van der Waals surface area contributed by atoms with Crippen molar-refractivity contribution in [3.05, 3.63) is 58.6 Å². The summed E-state index contributed by atoms with van der Waals surface area (Å²) in [5, 5.41) is 0.0595. The summed E-state index contributed by atoms with van der Waals surface area (Å²) in [6, 6.07) is 10.1. The van der Waals surface area contributed by atoms with Crippen LogP contribution in [-0.2, 0) is 10.0 Å². The van der Waals surface area contributed by atoms with E-state index in [1.807, 2.05) is 0 Å². The maximum Gasteiger partial charge on any atom is 0.343 e. The van der Waals surface area contributed by atoms with E-state index in [4.69, 9.17) is 16.3 Å². The van der Waals surface area contributed by atoms with Crippen molar-refractivity contribution < 1.29 is 22.7 Å². The highest BCUT2D eigenvalue weighted by atomic mass is 35.5. The molecule has 2 aromatic rings. The summed E-state index contributed by atoms with van der Waals surface area (Å²) in [5.74, 6) is -0.550. The number of benzene rings is 2. The molecule has 0 atom stereocenters. The largest absolute Gasteiger partial charge is 0.423 e. The number of hydrogen-bond acceptors (Lipinski definition) is 5. The van der Waals surface area contributed by atoms with Crippen LogP contribution in [0.2, 0.25) is 5.02 Å². The molecule has 8 heteroatoms. The van der Waals surface area contributed by atoms with Crippen molar-refractivity contribution in [1.82, 2.24) is 4.31 Å². The van der Waals surface area contributed by atoms with Crippen LogP contribution in [0.3, 0.4) is 0 Å². The van der Waals surface area contributed by atoms with Gasteiger partial charge in [-0.3, -0.25) is 4.79 Å². The highest BCUT2D eigenvalue weighted by molar-refractivity contribution is 7.89. The molecular formula is C19H18ClNO5S. The lowest BCUT2D eigenvalue weighted by molar-refractivity contribution is 0.0734. The molecule has 2 aromatic carbocycles. The predicted octanol–water partition coefficient (Wildman–Crippen LogP) is 3.55. The zero-order valence-electron chi connectivity index (χ0n) is 14.6. The van der Waals surface area contributed by atoms with E-state index >= 15 is 0 Å². The number of halogens is 1. The molecule has 3 rings (SSSR count). The first-order chi connectivity index (χ1) is 12.8. The molecule has 0 saturated carbocycles. The number of nitrogens with zero attached hydrogens (tertiary/aromatic N) is 1. The Kier molecular flexibility index (Phi) is 5.64. The lowest BCUT2D eigenvalue weighted by Gasteiger charge is -2.17. The van der Waals surface area contributed by atoms with Gasteiger partial charge in [0, 0.05) is 18.7 Å². The van der Waals surface area contributed by atoms with Crippen LogP contribution in [0.15, 0.2) is 47.4 Å². The molecule has 1 fully saturated rings. The number of carbonyl (C=O) groups is 2. The minimum atomic E-state index is -3.76. The summed E-state index contributed by atoms with van der Waals surface area (Å²) in [5.41, 5.74) is 0.577. The van der Waals surface area contributed by atoms with Gasteiger partial charge < -0.3 is 4.74 Å². The lowest BCUT2D eigenvalue weighted by Crippen LogP contribution is -2.28. The van der Waals surface area contributed by atoms with E-state index in [0.717, 1.165) is 12.8 Å². The standard InChI is InChI=1S/C19H18ClNO5S/c1-13(22)14-4-7-16(8-5-14)26-19(23)15-6-9-17(20)18(12-15)27(24,25)21-10-2-3-11-21/h4-9,12H,2-3,10-11H2,1H3. The van der Waals surface area contributed by atoms with E-state index in [-0.39, 0.29) is 27.0 Å². The molecule has 0 spiro atoms. The molecule has 0 N–H and O–H groups in total. The maximum absolute atomic E-state index is 12.7. The third kappa shape index (κ3) is 4.21. The van der Waals surface area contributed by atoms with Crippen molar-refractivity contribution in [3.8, 4) is 5.75 Å². The van der Waals surface area contributed by atoms with Gasteiger partial charge in [-0.15, -0.1) is 0 Å². The average molecular weight is 408 g/mol. The molecule has 0 unspecified atom stereocenters. The van der Waals surface area contributed by atoms with Crippen LogP contribution < -0.4 is 4.74 Å². The molecule has 1 aliphatic rings. The maximum atomic E-state index is 12.7. The Balaban J connectivity index is 1.84. The second kappa shape index (κ2) is 7.80. The molecule has 142 valence electrons. The van der Waals surface area contributed by atoms with Crippen LogP contribution in [0.4, 0.5) is 0 Å². The van der Waals surface area contributed by atoms with Crippen LogP contribution in [0, 0.1) is 0 Å². The van der Waals surface area contributed by atoms with Gasteiger partial charge in [0.2, 0.25) is 10.0 Å². The van der Waals surface area contributed by atoms with E-state index in [1.54, 1.807) is 12.1 Å². The Labute approximate surface area is 162 Å². The number of carbonyl (C=O) groups excluding carboxylic acids is 2. The van der Waals surface area contributed by atoms with Gasteiger partial charge in [-0.2, -0.15) is 4.31 Å². The van der Waals surface area contributed by atoms with E-state index in [2.05, 4.69) is 0 Å². The van der Waals surface area contributed by atoms with Crippen LogP contribution in [-0.4, -0.2) is 37.6 Å². The molecule has 0 amide bonds. The Bertz CT molecular complexity index is 980. The topological polar surface area (TPSA) is 80.8 Å². The van der Waals surface area contributed by atoms with Gasteiger partial charge in [-0.05, 0) is 62.2 Å². The SMILES string of the molecule is CC(=O)c1ccc(OC(=O)c2ccc(Cl)c(S(=O)(=O)N3CCCC3)c2)cc1. The van der Waals surface area contributed by atoms with Gasteiger partial charge in [-0.25, -0.2) is 13.2 Å². The fourth-order valence-corrected chi connectivity index (χ4v) is 4.84. The van der Waals surface area contributed by atoms with E-state index in [0.29, 0.717) is 18.7 Å². The summed E-state index contributed by atoms with van der Waals surface area (Å²) in [7, 11) is -3.76. The lowest BCUT2D eigenvalue weighted by atomic mass is 10.1. The van der Waals surface area contributed by atoms with E-state index in [9.17, 15) is 18.0 Å². The van der Waals surface area contributed by atoms with Crippen molar-refractivity contribution in [1.29, 1.82) is 0 Å². The first-order valence-electron chi connectivity index (χ1n) is 8.42. The molecule has 1 heterocycles. The monoisotopic (exact) mass is 407 g/mol. The molecule has 0 aliphatic carbocycles. The van der Waals surface area contributed by atoms with Gasteiger partial charge in [0.25, 0.3) is 0 Å². The smallest absolute Gasteiger partial charge is 0.343 e. The number of esters is 1. The number of ether oxygens (including phenoxy) is 1. The highest BCUT2D eigenvalue weighted by Gasteiger charge is 2.30. The number of sulfonamides is 1. The summed E-state index contributed by atoms with van der Waals surface area (Å²) in [6.07, 6.45) is 1.60. The van der Waals surface area contributed by atoms with Crippen LogP contribution in [0.25, 0.3) is 0 Å². The normalized spacial score (nSPS) is 14.9. The minimum absolute atomic E-state index is 0.0595. The minimum Gasteiger partial charge on any atom is -0.423 e. The molecule has 27 heavy (non-hydrogen) atoms. The van der Waals surface area contributed by atoms with Gasteiger partial charge in [0.05, 0.1) is 10.6 Å². The van der Waals surface area contributed by atoms with Crippen LogP contribution in [0.1, 0.15) is 40.5 Å². The van der Waals surface area contributed by atoms with Crippen molar-refractivity contribution in [2.45, 2.75) is 24.7 Å². The van der Waals surface area contributed by atoms with Gasteiger partial charge in [-0.1, -0.05) is 11.6 Å². The third-order valence-corrected chi connectivity index (χ3v) is 6.70. The number of Topliss-reactive ketones (excluding diaryl/α,β-unsaturated/α-hetero) is 1. The summed E-state index contributed by atoms with van der Waals surface area (Å²) in [6.45, 7) is 2.32. The fraction of sp³-hybridized carbons (Fsp3) is 0.263. The first kappa shape index (κ1) is 19.5. The highest BCUT2D eigenvalue weighted by Crippen LogP contribution is 2.28. The number of rotatable bonds is 5. The van der Waals surface area contributed by atoms with Crippen molar-refractivity contribution in [3.63, 3.8) is 0 Å². The first-order valence-corrected chi connectivity index (χ1v) is 10.2. The molecule has 0 bridgehead atoms. The fourth-order valence-electron chi connectivity index (χ4n) is 2.82. The second-order valence-corrected chi connectivity index (χ2v) is 8.54. The van der Waals surface area contributed by atoms with Gasteiger partial charge in [0.1, 0.15) is 10.6 Å². The molecule has 0 aromatic heterocycles. The Hall–Kier alpha value is -2.22. The molecular weight excluding hydrogens is 390 g/mol. The average Bonchev–Trinajstić information content (AvgIpc) is 3.18. The summed E-state index contributed by atoms with van der Waals surface area (Å²) in [4.78, 5) is 23.6. The Morgan fingerprint density at radius 1 is 1.00 bits per heavy atom. The predicted molar refractivity (Wildman–Crippen MR) is 101 cm³/mol. The zero-order valence-corrected chi connectivity index (χ0v) is 16.2. The second-order valence-electron chi connectivity index (χ2n) is 6.23. The molecule has 1 saturated heterocycles. The Morgan fingerprint density at radius 3 is 2.19 bits per heavy atom. The van der Waals surface area contributed by atoms with E-state index < -0.39 is 16.0 Å². The number of hydrogen-bond donors (Lipinski definition) is 0.